The maximum Gasteiger partial charge on any atom is 0.162 e. The van der Waals surface area contributed by atoms with Gasteiger partial charge < -0.3 is 0 Å². The highest BCUT2D eigenvalue weighted by Crippen LogP contribution is 2.53. The van der Waals surface area contributed by atoms with Crippen LogP contribution in [0.2, 0.25) is 0 Å². The van der Waals surface area contributed by atoms with Gasteiger partial charge in [-0.25, -0.2) is 13.6 Å². The molecule has 4 rings (SSSR count). The molecule has 0 unspecified atom stereocenters. The first-order chi connectivity index (χ1) is 13.4. The number of aromatic nitrogens is 2. The lowest BCUT2D eigenvalue weighted by atomic mass is 10.3. The van der Waals surface area contributed by atoms with Crippen molar-refractivity contribution in [3.8, 4) is 0 Å². The van der Waals surface area contributed by atoms with Crippen molar-refractivity contribution in [3.63, 3.8) is 0 Å². The fraction of sp³-hybridized carbons (Fsp3) is 0. The van der Waals surface area contributed by atoms with E-state index in [9.17, 15) is 0 Å². The molecule has 2 heterocycles. The van der Waals surface area contributed by atoms with Crippen molar-refractivity contribution in [1.29, 1.82) is 0 Å². The zero-order chi connectivity index (χ0) is 18.3. The summed E-state index contributed by atoms with van der Waals surface area (Å²) in [7, 11) is 9.85. The Morgan fingerprint density at radius 2 is 1.11 bits per heavy atom. The van der Waals surface area contributed by atoms with E-state index in [1.165, 1.54) is 31.5 Å². The van der Waals surface area contributed by atoms with Gasteiger partial charge in [0, 0.05) is 19.7 Å². The summed E-state index contributed by atoms with van der Waals surface area (Å²) in [6.45, 7) is 0. The van der Waals surface area contributed by atoms with Crippen molar-refractivity contribution in [2.24, 2.45) is 0 Å². The molecule has 0 saturated heterocycles. The molecule has 13 heteroatoms. The topological polar surface area (TPSA) is 35.0 Å². The molecule has 0 atom stereocenters. The Balaban J connectivity index is 1.06. The van der Waals surface area contributed by atoms with Gasteiger partial charge in [-0.3, -0.25) is 0 Å². The van der Waals surface area contributed by atoms with Gasteiger partial charge in [0.15, 0.2) is 8.68 Å². The SMILES string of the molecule is c1ccc2sc(SSSSOSSSSc3nc4ccccc4s3)nc2c1. The maximum absolute atomic E-state index is 5.48. The van der Waals surface area contributed by atoms with Crippen LogP contribution in [-0.2, 0) is 3.63 Å². The molecule has 0 radical (unpaired) electrons. The summed E-state index contributed by atoms with van der Waals surface area (Å²) in [4.78, 5) is 9.18. The van der Waals surface area contributed by atoms with Crippen molar-refractivity contribution in [3.05, 3.63) is 48.5 Å². The van der Waals surface area contributed by atoms with Crippen LogP contribution < -0.4 is 0 Å². The quantitative estimate of drug-likeness (QED) is 0.109. The van der Waals surface area contributed by atoms with E-state index in [0.29, 0.717) is 0 Å². The predicted octanol–water partition coefficient (Wildman–Crippen LogP) is 9.53. The third-order valence-corrected chi connectivity index (χ3v) is 16.7. The number of thiazole rings is 2. The Bertz CT molecular complexity index is 860. The van der Waals surface area contributed by atoms with Gasteiger partial charge in [0.1, 0.15) is 0 Å². The summed E-state index contributed by atoms with van der Waals surface area (Å²) in [6, 6.07) is 16.4. The van der Waals surface area contributed by atoms with Crippen LogP contribution in [0.1, 0.15) is 0 Å². The average Bonchev–Trinajstić information content (AvgIpc) is 3.29. The summed E-state index contributed by atoms with van der Waals surface area (Å²) >= 11 is 6.18. The summed E-state index contributed by atoms with van der Waals surface area (Å²) in [5.41, 5.74) is 2.13. The first kappa shape index (κ1) is 21.2. The number of nitrogens with zero attached hydrogens (tertiary/aromatic N) is 2. The molecule has 0 fully saturated rings. The molecule has 2 aromatic heterocycles. The molecule has 4 aromatic rings. The number of fused-ring (bicyclic) bond motifs is 2. The minimum Gasteiger partial charge on any atom is -0.229 e. The summed E-state index contributed by atoms with van der Waals surface area (Å²) in [5, 5.41) is 0. The second-order valence-electron chi connectivity index (χ2n) is 4.54. The van der Waals surface area contributed by atoms with Gasteiger partial charge in [0.2, 0.25) is 0 Å². The first-order valence-corrected chi connectivity index (χ1v) is 18.2. The van der Waals surface area contributed by atoms with Gasteiger partial charge in [0.25, 0.3) is 0 Å². The standard InChI is InChI=1S/C14H8N2OS10/c1-3-7-11-9(5-1)15-13(18-11)20-24-26-22-17-23-27-25-21-14-16-10-6-2-4-8-12(10)19-14/h1-8H. The molecular formula is C14H8N2OS10. The number of benzene rings is 2. The zero-order valence-electron chi connectivity index (χ0n) is 13.0. The van der Waals surface area contributed by atoms with Crippen molar-refractivity contribution in [2.45, 2.75) is 8.68 Å². The van der Waals surface area contributed by atoms with Gasteiger partial charge in [-0.15, -0.1) is 22.7 Å². The fourth-order valence-electron chi connectivity index (χ4n) is 1.92. The molecule has 3 nitrogen and oxygen atoms in total. The Kier molecular flexibility index (Phi) is 8.95. The molecule has 0 spiro atoms. The second kappa shape index (κ2) is 11.4. The molecule has 0 aliphatic heterocycles. The molecule has 0 aliphatic rings. The summed E-state index contributed by atoms with van der Waals surface area (Å²) in [5.74, 6) is 0. The fourth-order valence-corrected chi connectivity index (χ4v) is 15.0. The molecule has 27 heavy (non-hydrogen) atoms. The average molecular weight is 541 g/mol. The number of rotatable bonds is 10. The van der Waals surface area contributed by atoms with E-state index < -0.39 is 0 Å². The highest BCUT2D eigenvalue weighted by molar-refractivity contribution is 9.28. The zero-order valence-corrected chi connectivity index (χ0v) is 21.2. The third kappa shape index (κ3) is 6.48. The van der Waals surface area contributed by atoms with Crippen LogP contribution in [0.15, 0.2) is 57.2 Å². The predicted molar refractivity (Wildman–Crippen MR) is 138 cm³/mol. The Morgan fingerprint density at radius 3 is 1.59 bits per heavy atom. The summed E-state index contributed by atoms with van der Waals surface area (Å²) < 4.78 is 10.1. The Labute approximate surface area is 194 Å². The van der Waals surface area contributed by atoms with Crippen molar-refractivity contribution >= 4 is 126 Å². The van der Waals surface area contributed by atoms with E-state index in [1.807, 2.05) is 36.4 Å². The lowest BCUT2D eigenvalue weighted by Gasteiger charge is -1.97. The molecule has 140 valence electrons. The van der Waals surface area contributed by atoms with Gasteiger partial charge in [-0.05, 0) is 65.5 Å². The summed E-state index contributed by atoms with van der Waals surface area (Å²) in [6.07, 6.45) is 0. The second-order valence-corrected chi connectivity index (χ2v) is 17.9. The van der Waals surface area contributed by atoms with E-state index >= 15 is 0 Å². The molecule has 0 bridgehead atoms. The monoisotopic (exact) mass is 540 g/mol. The van der Waals surface area contributed by atoms with E-state index in [2.05, 4.69) is 22.1 Å². The van der Waals surface area contributed by atoms with Crippen molar-refractivity contribution in [2.75, 3.05) is 0 Å². The normalized spacial score (nSPS) is 11.6. The van der Waals surface area contributed by atoms with E-state index in [-0.39, 0.29) is 0 Å². The van der Waals surface area contributed by atoms with E-state index in [0.717, 1.165) is 19.7 Å². The molecule has 0 N–H and O–H groups in total. The lowest BCUT2D eigenvalue weighted by Crippen LogP contribution is -1.64. The minimum absolute atomic E-state index is 1.06. The molecule has 0 saturated carbocycles. The van der Waals surface area contributed by atoms with Crippen molar-refractivity contribution in [1.82, 2.24) is 9.97 Å². The number of hydrogen-bond donors (Lipinski definition) is 0. The van der Waals surface area contributed by atoms with Crippen LogP contribution in [0.5, 0.6) is 0 Å². The van der Waals surface area contributed by atoms with Gasteiger partial charge >= 0.3 is 0 Å². The first-order valence-electron chi connectivity index (χ1n) is 7.11. The Hall–Kier alpha value is 0.980. The highest BCUT2D eigenvalue weighted by atomic mass is 33.7. The number of hydrogen-bond acceptors (Lipinski definition) is 13. The smallest absolute Gasteiger partial charge is 0.162 e. The maximum atomic E-state index is 5.48. The largest absolute Gasteiger partial charge is 0.229 e. The minimum atomic E-state index is 1.06. The molecular weight excluding hydrogens is 533 g/mol. The van der Waals surface area contributed by atoms with Crippen LogP contribution >= 0.6 is 106 Å². The lowest BCUT2D eigenvalue weighted by molar-refractivity contribution is 0.785. The van der Waals surface area contributed by atoms with Crippen LogP contribution in [0, 0.1) is 0 Å². The van der Waals surface area contributed by atoms with Gasteiger partial charge in [0.05, 0.1) is 42.6 Å². The van der Waals surface area contributed by atoms with E-state index in [1.54, 1.807) is 83.6 Å². The Morgan fingerprint density at radius 1 is 0.630 bits per heavy atom. The van der Waals surface area contributed by atoms with Crippen LogP contribution in [-0.4, -0.2) is 9.97 Å². The van der Waals surface area contributed by atoms with Gasteiger partial charge in [-0.2, -0.15) is 0 Å². The third-order valence-electron chi connectivity index (χ3n) is 2.93. The number of para-hydroxylation sites is 2. The van der Waals surface area contributed by atoms with Crippen LogP contribution in [0.4, 0.5) is 0 Å². The molecule has 0 amide bonds. The molecule has 2 aromatic carbocycles. The van der Waals surface area contributed by atoms with Crippen LogP contribution in [0.3, 0.4) is 0 Å². The molecule has 0 aliphatic carbocycles. The highest BCUT2D eigenvalue weighted by Gasteiger charge is 2.06. The van der Waals surface area contributed by atoms with E-state index in [4.69, 9.17) is 3.63 Å². The van der Waals surface area contributed by atoms with Crippen molar-refractivity contribution < 1.29 is 3.63 Å². The van der Waals surface area contributed by atoms with Gasteiger partial charge in [-0.1, -0.05) is 24.3 Å². The van der Waals surface area contributed by atoms with Crippen LogP contribution in [0.25, 0.3) is 20.4 Å².